The summed E-state index contributed by atoms with van der Waals surface area (Å²) >= 11 is 1.64. The summed E-state index contributed by atoms with van der Waals surface area (Å²) in [6, 6.07) is 26.4. The Balaban J connectivity index is 1.34. The highest BCUT2D eigenvalue weighted by atomic mass is 32.1. The van der Waals surface area contributed by atoms with E-state index in [1.807, 2.05) is 67.6 Å². The summed E-state index contributed by atoms with van der Waals surface area (Å²) in [6.07, 6.45) is 3.39. The molecule has 0 aliphatic heterocycles. The van der Waals surface area contributed by atoms with Crippen molar-refractivity contribution in [3.05, 3.63) is 107 Å². The highest BCUT2D eigenvalue weighted by Crippen LogP contribution is 2.28. The van der Waals surface area contributed by atoms with Crippen LogP contribution >= 0.6 is 11.3 Å². The van der Waals surface area contributed by atoms with E-state index in [0.717, 1.165) is 33.0 Å². The second-order valence-electron chi connectivity index (χ2n) is 7.06. The van der Waals surface area contributed by atoms with Gasteiger partial charge in [-0.2, -0.15) is 0 Å². The van der Waals surface area contributed by atoms with Gasteiger partial charge in [0.1, 0.15) is 5.01 Å². The molecule has 0 unspecified atom stereocenters. The van der Waals surface area contributed by atoms with Gasteiger partial charge in [-0.1, -0.05) is 84.4 Å². The maximum atomic E-state index is 12.1. The van der Waals surface area contributed by atoms with Crippen molar-refractivity contribution in [2.24, 2.45) is 0 Å². The van der Waals surface area contributed by atoms with Crippen molar-refractivity contribution in [1.29, 1.82) is 0 Å². The minimum atomic E-state index is -0.105. The summed E-state index contributed by atoms with van der Waals surface area (Å²) in [5, 5.41) is 6.00. The fraction of sp³-hybridized carbons (Fsp3) is 0.0769. The normalized spacial score (nSPS) is 11.0. The van der Waals surface area contributed by atoms with Crippen molar-refractivity contribution in [3.8, 4) is 21.8 Å². The Morgan fingerprint density at radius 1 is 0.933 bits per heavy atom. The Hall–Kier alpha value is -3.50. The number of amides is 1. The topological polar surface area (TPSA) is 42.0 Å². The van der Waals surface area contributed by atoms with Crippen LogP contribution in [0.3, 0.4) is 0 Å². The molecule has 0 aliphatic rings. The summed E-state index contributed by atoms with van der Waals surface area (Å²) in [7, 11) is 0. The molecule has 0 fully saturated rings. The first-order valence-corrected chi connectivity index (χ1v) is 10.7. The highest BCUT2D eigenvalue weighted by molar-refractivity contribution is 7.13. The monoisotopic (exact) mass is 410 g/mol. The molecule has 0 atom stereocenters. The van der Waals surface area contributed by atoms with E-state index in [1.165, 1.54) is 5.56 Å². The maximum Gasteiger partial charge on any atom is 0.244 e. The van der Waals surface area contributed by atoms with E-state index in [1.54, 1.807) is 17.4 Å². The van der Waals surface area contributed by atoms with Gasteiger partial charge >= 0.3 is 0 Å². The van der Waals surface area contributed by atoms with E-state index in [4.69, 9.17) is 4.98 Å². The van der Waals surface area contributed by atoms with Crippen LogP contribution in [0.25, 0.3) is 27.9 Å². The quantitative estimate of drug-likeness (QED) is 0.389. The number of carbonyl (C=O) groups excluding carboxylic acids is 1. The van der Waals surface area contributed by atoms with Gasteiger partial charge in [0.2, 0.25) is 5.91 Å². The molecule has 0 saturated carbocycles. The fourth-order valence-electron chi connectivity index (χ4n) is 3.01. The van der Waals surface area contributed by atoms with Crippen LogP contribution in [0.4, 0.5) is 0 Å². The van der Waals surface area contributed by atoms with Crippen LogP contribution in [0, 0.1) is 6.92 Å². The van der Waals surface area contributed by atoms with Crippen molar-refractivity contribution in [1.82, 2.24) is 10.3 Å². The molecule has 1 amide bonds. The van der Waals surface area contributed by atoms with Crippen molar-refractivity contribution in [3.63, 3.8) is 0 Å². The highest BCUT2D eigenvalue weighted by Gasteiger charge is 2.06. The predicted molar refractivity (Wildman–Crippen MR) is 125 cm³/mol. The van der Waals surface area contributed by atoms with Crippen molar-refractivity contribution < 1.29 is 4.79 Å². The second kappa shape index (κ2) is 9.33. The van der Waals surface area contributed by atoms with E-state index < -0.39 is 0 Å². The Morgan fingerprint density at radius 2 is 1.67 bits per heavy atom. The number of nitrogens with one attached hydrogen (secondary N) is 1. The summed E-state index contributed by atoms with van der Waals surface area (Å²) < 4.78 is 0. The molecular weight excluding hydrogens is 388 g/mol. The minimum absolute atomic E-state index is 0.105. The van der Waals surface area contributed by atoms with E-state index in [2.05, 4.69) is 35.0 Å². The molecule has 4 heteroatoms. The van der Waals surface area contributed by atoms with Crippen molar-refractivity contribution >= 4 is 23.3 Å². The number of hydrogen-bond acceptors (Lipinski definition) is 3. The van der Waals surface area contributed by atoms with Crippen LogP contribution in [0.15, 0.2) is 90.3 Å². The Bertz CT molecular complexity index is 1140. The molecule has 0 saturated heterocycles. The molecule has 4 aromatic rings. The number of carbonyl (C=O) groups is 1. The first kappa shape index (κ1) is 19.8. The van der Waals surface area contributed by atoms with Gasteiger partial charge in [0.25, 0.3) is 0 Å². The molecule has 30 heavy (non-hydrogen) atoms. The van der Waals surface area contributed by atoms with E-state index in [9.17, 15) is 4.79 Å². The molecule has 1 heterocycles. The smallest absolute Gasteiger partial charge is 0.244 e. The third-order valence-corrected chi connectivity index (χ3v) is 5.64. The van der Waals surface area contributed by atoms with Gasteiger partial charge < -0.3 is 5.32 Å². The van der Waals surface area contributed by atoms with E-state index in [0.29, 0.717) is 6.54 Å². The lowest BCUT2D eigenvalue weighted by molar-refractivity contribution is -0.116. The Morgan fingerprint density at radius 3 is 2.40 bits per heavy atom. The third-order valence-electron chi connectivity index (χ3n) is 4.75. The lowest BCUT2D eigenvalue weighted by Gasteiger charge is -2.04. The summed E-state index contributed by atoms with van der Waals surface area (Å²) in [6.45, 7) is 2.53. The Labute approximate surface area is 180 Å². The van der Waals surface area contributed by atoms with Gasteiger partial charge in [-0.25, -0.2) is 4.98 Å². The molecule has 1 N–H and O–H groups in total. The first-order valence-electron chi connectivity index (χ1n) is 9.80. The van der Waals surface area contributed by atoms with Crippen LogP contribution in [-0.2, 0) is 11.3 Å². The number of hydrogen-bond donors (Lipinski definition) is 1. The molecule has 4 rings (SSSR count). The minimum Gasteiger partial charge on any atom is -0.348 e. The van der Waals surface area contributed by atoms with Crippen molar-refractivity contribution in [2.45, 2.75) is 13.5 Å². The van der Waals surface area contributed by atoms with Crippen LogP contribution in [-0.4, -0.2) is 10.9 Å². The van der Waals surface area contributed by atoms with Gasteiger partial charge in [0.05, 0.1) is 5.69 Å². The summed E-state index contributed by atoms with van der Waals surface area (Å²) in [5.41, 5.74) is 6.46. The number of aromatic nitrogens is 1. The zero-order chi connectivity index (χ0) is 20.8. The number of nitrogens with zero attached hydrogens (tertiary/aromatic N) is 1. The van der Waals surface area contributed by atoms with Crippen LogP contribution in [0.2, 0.25) is 0 Å². The first-order chi connectivity index (χ1) is 14.7. The van der Waals surface area contributed by atoms with Gasteiger partial charge in [-0.3, -0.25) is 4.79 Å². The Kier molecular flexibility index (Phi) is 6.16. The van der Waals surface area contributed by atoms with Crippen LogP contribution < -0.4 is 5.32 Å². The molecule has 0 radical (unpaired) electrons. The lowest BCUT2D eigenvalue weighted by atomic mass is 10.1. The average Bonchev–Trinajstić information content (AvgIpc) is 3.29. The predicted octanol–water partition coefficient (Wildman–Crippen LogP) is 6.12. The molecular formula is C26H22N2OS. The molecule has 3 aromatic carbocycles. The number of thiazole rings is 1. The molecule has 0 bridgehead atoms. The maximum absolute atomic E-state index is 12.1. The molecule has 1 aromatic heterocycles. The van der Waals surface area contributed by atoms with Crippen LogP contribution in [0.1, 0.15) is 16.7 Å². The van der Waals surface area contributed by atoms with Gasteiger partial charge in [0, 0.05) is 29.1 Å². The lowest BCUT2D eigenvalue weighted by Crippen LogP contribution is -2.20. The molecule has 0 aliphatic carbocycles. The average molecular weight is 411 g/mol. The van der Waals surface area contributed by atoms with Gasteiger partial charge in [-0.05, 0) is 24.1 Å². The van der Waals surface area contributed by atoms with E-state index >= 15 is 0 Å². The van der Waals surface area contributed by atoms with Crippen molar-refractivity contribution in [2.75, 3.05) is 0 Å². The standard InChI is InChI=1S/C26H22N2OS/c1-19-7-9-20(10-8-19)13-16-25(29)27-17-21-11-14-23(15-12-21)26-28-24(18-30-26)22-5-3-2-4-6-22/h2-16,18H,17H2,1H3,(H,27,29)/b16-13+. The summed E-state index contributed by atoms with van der Waals surface area (Å²) in [5.74, 6) is -0.105. The largest absolute Gasteiger partial charge is 0.348 e. The zero-order valence-corrected chi connectivity index (χ0v) is 17.5. The molecule has 0 spiro atoms. The van der Waals surface area contributed by atoms with Gasteiger partial charge in [-0.15, -0.1) is 11.3 Å². The summed E-state index contributed by atoms with van der Waals surface area (Å²) in [4.78, 5) is 16.8. The second-order valence-corrected chi connectivity index (χ2v) is 7.92. The number of benzene rings is 3. The number of aryl methyl sites for hydroxylation is 1. The molecule has 148 valence electrons. The van der Waals surface area contributed by atoms with Gasteiger partial charge in [0.15, 0.2) is 0 Å². The van der Waals surface area contributed by atoms with E-state index in [-0.39, 0.29) is 5.91 Å². The third kappa shape index (κ3) is 5.10. The fourth-order valence-corrected chi connectivity index (χ4v) is 3.85. The zero-order valence-electron chi connectivity index (χ0n) is 16.7. The van der Waals surface area contributed by atoms with Crippen LogP contribution in [0.5, 0.6) is 0 Å². The molecule has 3 nitrogen and oxygen atoms in total. The SMILES string of the molecule is Cc1ccc(/C=C/C(=O)NCc2ccc(-c3nc(-c4ccccc4)cs3)cc2)cc1. The number of rotatable bonds is 6.